The molecular weight excluding hydrogens is 386 g/mol. The highest BCUT2D eigenvalue weighted by molar-refractivity contribution is 5.90. The lowest BCUT2D eigenvalue weighted by Gasteiger charge is -2.35. The van der Waals surface area contributed by atoms with E-state index in [4.69, 9.17) is 5.73 Å². The van der Waals surface area contributed by atoms with Gasteiger partial charge >= 0.3 is 5.97 Å². The van der Waals surface area contributed by atoms with Crippen molar-refractivity contribution in [1.82, 2.24) is 10.2 Å². The largest absolute Gasteiger partial charge is 0.480 e. The Bertz CT molecular complexity index is 817. The van der Waals surface area contributed by atoms with Crippen molar-refractivity contribution in [2.75, 3.05) is 6.54 Å². The van der Waals surface area contributed by atoms with E-state index in [2.05, 4.69) is 5.32 Å². The van der Waals surface area contributed by atoms with Crippen molar-refractivity contribution in [2.45, 2.75) is 50.9 Å². The van der Waals surface area contributed by atoms with Crippen LogP contribution in [0.5, 0.6) is 0 Å². The van der Waals surface area contributed by atoms with E-state index in [-0.39, 0.29) is 12.6 Å². The molecule has 1 aromatic rings. The van der Waals surface area contributed by atoms with Gasteiger partial charge in [-0.05, 0) is 37.8 Å². The highest BCUT2D eigenvalue weighted by Gasteiger charge is 2.32. The van der Waals surface area contributed by atoms with Gasteiger partial charge in [-0.25, -0.2) is 4.79 Å². The number of amides is 2. The van der Waals surface area contributed by atoms with Crippen LogP contribution < -0.4 is 11.1 Å². The number of aliphatic hydroxyl groups is 1. The summed E-state index contributed by atoms with van der Waals surface area (Å²) in [4.78, 5) is 38.0. The molecule has 0 heterocycles. The van der Waals surface area contributed by atoms with E-state index in [0.29, 0.717) is 12.8 Å². The topological polar surface area (TPSA) is 133 Å². The van der Waals surface area contributed by atoms with Crippen molar-refractivity contribution in [1.29, 1.82) is 0 Å². The molecule has 0 radical (unpaired) electrons. The number of nitrogens with two attached hydrogens (primary N) is 1. The van der Waals surface area contributed by atoms with E-state index in [9.17, 15) is 24.6 Å². The first-order valence-electron chi connectivity index (χ1n) is 9.86. The molecule has 4 atom stereocenters. The summed E-state index contributed by atoms with van der Waals surface area (Å²) in [7, 11) is 0. The van der Waals surface area contributed by atoms with Crippen LogP contribution >= 0.6 is 0 Å². The van der Waals surface area contributed by atoms with Gasteiger partial charge in [0, 0.05) is 0 Å². The summed E-state index contributed by atoms with van der Waals surface area (Å²) in [6.07, 6.45) is 5.59. The molecule has 0 spiro atoms. The second-order valence-corrected chi connectivity index (χ2v) is 7.46. The van der Waals surface area contributed by atoms with Crippen molar-refractivity contribution in [3.63, 3.8) is 0 Å². The number of benzene rings is 1. The van der Waals surface area contributed by atoms with Gasteiger partial charge in [0.2, 0.25) is 11.8 Å². The number of nitrogens with one attached hydrogen (secondary N) is 1. The summed E-state index contributed by atoms with van der Waals surface area (Å²) in [5.74, 6) is -2.44. The molecule has 162 valence electrons. The molecule has 1 aromatic carbocycles. The van der Waals surface area contributed by atoms with Gasteiger partial charge in [-0.3, -0.25) is 9.59 Å². The summed E-state index contributed by atoms with van der Waals surface area (Å²) < 4.78 is 0. The van der Waals surface area contributed by atoms with E-state index in [1.165, 1.54) is 11.8 Å². The van der Waals surface area contributed by atoms with Gasteiger partial charge in [0.15, 0.2) is 6.04 Å². The number of aliphatic carboxylic acids is 1. The molecular formula is C22H29N3O5. The first-order valence-corrected chi connectivity index (χ1v) is 9.86. The zero-order chi connectivity index (χ0) is 22.3. The van der Waals surface area contributed by atoms with Crippen molar-refractivity contribution >= 4 is 17.8 Å². The Morgan fingerprint density at radius 1 is 1.23 bits per heavy atom. The number of carbonyl (C=O) groups excluding carboxylic acids is 2. The zero-order valence-corrected chi connectivity index (χ0v) is 17.2. The molecule has 30 heavy (non-hydrogen) atoms. The number of nitrogens with zero attached hydrogens (tertiary/aromatic N) is 1. The maximum absolute atomic E-state index is 12.8. The summed E-state index contributed by atoms with van der Waals surface area (Å²) in [6, 6.07) is 7.10. The van der Waals surface area contributed by atoms with Gasteiger partial charge in [0.05, 0.1) is 18.2 Å². The molecule has 1 aliphatic rings. The van der Waals surface area contributed by atoms with Crippen molar-refractivity contribution in [3.05, 3.63) is 59.7 Å². The average molecular weight is 415 g/mol. The first-order chi connectivity index (χ1) is 14.2. The zero-order valence-electron chi connectivity index (χ0n) is 17.2. The molecule has 0 fully saturated rings. The summed E-state index contributed by atoms with van der Waals surface area (Å²) in [6.45, 7) is 2.46. The van der Waals surface area contributed by atoms with E-state index in [0.717, 1.165) is 11.1 Å². The van der Waals surface area contributed by atoms with Crippen LogP contribution in [-0.2, 0) is 20.8 Å². The van der Waals surface area contributed by atoms with Gasteiger partial charge in [0.1, 0.15) is 6.54 Å². The lowest BCUT2D eigenvalue weighted by Crippen LogP contribution is -2.55. The molecule has 0 saturated carbocycles. The smallest absolute Gasteiger partial charge is 0.328 e. The number of carboxylic acid groups (broad SMARTS) is 1. The fourth-order valence-electron chi connectivity index (χ4n) is 3.36. The van der Waals surface area contributed by atoms with Crippen LogP contribution in [0.25, 0.3) is 0 Å². The quantitative estimate of drug-likeness (QED) is 0.467. The third-order valence-corrected chi connectivity index (χ3v) is 4.91. The van der Waals surface area contributed by atoms with Gasteiger partial charge in [0.25, 0.3) is 0 Å². The summed E-state index contributed by atoms with van der Waals surface area (Å²) in [5.41, 5.74) is 7.85. The molecule has 2 amide bonds. The van der Waals surface area contributed by atoms with E-state index in [1.54, 1.807) is 6.92 Å². The van der Waals surface area contributed by atoms with E-state index < -0.39 is 36.0 Å². The van der Waals surface area contributed by atoms with E-state index >= 15 is 0 Å². The Balaban J connectivity index is 2.23. The molecule has 0 saturated heterocycles. The average Bonchev–Trinajstić information content (AvgIpc) is 2.70. The standard InChI is InChI=1S/C22H29N3O5/c1-14(23)21(28)25(13-19(27)24-20(15(2)26)22(29)30)18-11-7-6-10-17(18)12-16-8-4-3-5-9-16/h3-10,14-15,18,20,26H,11-13,23H2,1-2H3,(H,24,27)(H,29,30)/t14?,15?,18-,20?/m1/s1. The second-order valence-electron chi connectivity index (χ2n) is 7.46. The highest BCUT2D eigenvalue weighted by Crippen LogP contribution is 2.24. The number of hydrogen-bond acceptors (Lipinski definition) is 5. The van der Waals surface area contributed by atoms with Crippen LogP contribution in [0.1, 0.15) is 25.8 Å². The Labute approximate surface area is 176 Å². The molecule has 2 rings (SSSR count). The molecule has 5 N–H and O–H groups in total. The third kappa shape index (κ3) is 6.27. The van der Waals surface area contributed by atoms with Gasteiger partial charge in [-0.2, -0.15) is 0 Å². The SMILES string of the molecule is CC(N)C(=O)N(CC(=O)NC(C(=O)O)C(C)O)[C@@H]1CC=CC=C1Cc1ccccc1. The fourth-order valence-corrected chi connectivity index (χ4v) is 3.36. The molecule has 1 aliphatic carbocycles. The normalized spacial score (nSPS) is 18.7. The monoisotopic (exact) mass is 415 g/mol. The molecule has 3 unspecified atom stereocenters. The molecule has 0 bridgehead atoms. The lowest BCUT2D eigenvalue weighted by molar-refractivity contribution is -0.145. The van der Waals surface area contributed by atoms with Crippen LogP contribution in [0.3, 0.4) is 0 Å². The number of allylic oxidation sites excluding steroid dienone is 2. The Morgan fingerprint density at radius 2 is 1.90 bits per heavy atom. The highest BCUT2D eigenvalue weighted by atomic mass is 16.4. The number of hydrogen-bond donors (Lipinski definition) is 4. The van der Waals surface area contributed by atoms with Crippen LogP contribution in [0.2, 0.25) is 0 Å². The third-order valence-electron chi connectivity index (χ3n) is 4.91. The second kappa shape index (κ2) is 10.7. The van der Waals surface area contributed by atoms with Crippen LogP contribution in [0.15, 0.2) is 54.1 Å². The van der Waals surface area contributed by atoms with Crippen molar-refractivity contribution in [2.24, 2.45) is 5.73 Å². The molecule has 8 nitrogen and oxygen atoms in total. The summed E-state index contributed by atoms with van der Waals surface area (Å²) >= 11 is 0. The number of aliphatic hydroxyl groups excluding tert-OH is 1. The minimum atomic E-state index is -1.46. The number of carbonyl (C=O) groups is 3. The van der Waals surface area contributed by atoms with Crippen LogP contribution in [-0.4, -0.2) is 63.7 Å². The van der Waals surface area contributed by atoms with Crippen LogP contribution in [0, 0.1) is 0 Å². The predicted molar refractivity (Wildman–Crippen MR) is 112 cm³/mol. The lowest BCUT2D eigenvalue weighted by atomic mass is 9.91. The maximum Gasteiger partial charge on any atom is 0.328 e. The number of carboxylic acids is 1. The summed E-state index contributed by atoms with van der Waals surface area (Å²) in [5, 5.41) is 21.1. The molecule has 0 aliphatic heterocycles. The van der Waals surface area contributed by atoms with E-state index in [1.807, 2.05) is 48.6 Å². The molecule has 0 aromatic heterocycles. The maximum atomic E-state index is 12.8. The van der Waals surface area contributed by atoms with Crippen molar-refractivity contribution < 1.29 is 24.6 Å². The van der Waals surface area contributed by atoms with Gasteiger partial charge in [-0.1, -0.05) is 48.6 Å². The Morgan fingerprint density at radius 3 is 2.47 bits per heavy atom. The first kappa shape index (κ1) is 23.3. The number of rotatable bonds is 9. The Hall–Kier alpha value is -2.97. The van der Waals surface area contributed by atoms with Gasteiger partial charge in [-0.15, -0.1) is 0 Å². The van der Waals surface area contributed by atoms with Crippen LogP contribution in [0.4, 0.5) is 0 Å². The minimum absolute atomic E-state index is 0.360. The Kier molecular flexibility index (Phi) is 8.32. The fraction of sp³-hybridized carbons (Fsp3) is 0.409. The van der Waals surface area contributed by atoms with Gasteiger partial charge < -0.3 is 26.2 Å². The predicted octanol–water partition coefficient (Wildman–Crippen LogP) is 0.610. The van der Waals surface area contributed by atoms with Crippen molar-refractivity contribution in [3.8, 4) is 0 Å². The minimum Gasteiger partial charge on any atom is -0.480 e. The molecule has 8 heteroatoms.